The number of carbonyl (C=O) groups excluding carboxylic acids is 1. The first-order valence-corrected chi connectivity index (χ1v) is 7.77. The largest absolute Gasteiger partial charge is 0.444 e. The van der Waals surface area contributed by atoms with Gasteiger partial charge in [0.2, 0.25) is 0 Å². The first-order chi connectivity index (χ1) is 9.35. The van der Waals surface area contributed by atoms with Gasteiger partial charge < -0.3 is 20.1 Å². The van der Waals surface area contributed by atoms with E-state index in [1.807, 2.05) is 20.8 Å². The second kappa shape index (κ2) is 6.31. The summed E-state index contributed by atoms with van der Waals surface area (Å²) < 4.78 is 5.36. The third-order valence-electron chi connectivity index (χ3n) is 4.00. The maximum atomic E-state index is 12.0. The van der Waals surface area contributed by atoms with Gasteiger partial charge in [-0.2, -0.15) is 0 Å². The van der Waals surface area contributed by atoms with Crippen LogP contribution in [-0.2, 0) is 4.74 Å². The molecule has 1 amide bonds. The van der Waals surface area contributed by atoms with Crippen LogP contribution < -0.4 is 5.32 Å². The lowest BCUT2D eigenvalue weighted by atomic mass is 9.94. The Morgan fingerprint density at radius 1 is 1.20 bits per heavy atom. The summed E-state index contributed by atoms with van der Waals surface area (Å²) in [7, 11) is 0. The molecule has 0 bridgehead atoms. The van der Waals surface area contributed by atoms with Gasteiger partial charge in [0.25, 0.3) is 0 Å². The summed E-state index contributed by atoms with van der Waals surface area (Å²) in [5.74, 6) is 0. The Morgan fingerprint density at radius 3 is 2.45 bits per heavy atom. The first-order valence-electron chi connectivity index (χ1n) is 7.77. The summed E-state index contributed by atoms with van der Waals surface area (Å²) in [5, 5.41) is 13.6. The lowest BCUT2D eigenvalue weighted by Crippen LogP contribution is -2.46. The molecule has 2 N–H and O–H groups in total. The number of β-amino-alcohol motifs (C(OH)–C–C–N with tert-alkyl or cyclic N) is 1. The summed E-state index contributed by atoms with van der Waals surface area (Å²) in [4.78, 5) is 13.6. The van der Waals surface area contributed by atoms with E-state index in [4.69, 9.17) is 4.74 Å². The summed E-state index contributed by atoms with van der Waals surface area (Å²) in [5.41, 5.74) is -0.489. The Labute approximate surface area is 121 Å². The zero-order valence-electron chi connectivity index (χ0n) is 12.9. The van der Waals surface area contributed by atoms with E-state index >= 15 is 0 Å². The maximum Gasteiger partial charge on any atom is 0.410 e. The smallest absolute Gasteiger partial charge is 0.410 e. The van der Waals surface area contributed by atoms with Gasteiger partial charge in [-0.15, -0.1) is 0 Å². The van der Waals surface area contributed by atoms with E-state index < -0.39 is 11.7 Å². The number of carbonyl (C=O) groups is 1. The van der Waals surface area contributed by atoms with Gasteiger partial charge in [0.15, 0.2) is 0 Å². The monoisotopic (exact) mass is 284 g/mol. The summed E-state index contributed by atoms with van der Waals surface area (Å²) in [6.07, 6.45) is 5.36. The second-order valence-electron chi connectivity index (χ2n) is 7.06. The predicted molar refractivity (Wildman–Crippen MR) is 77.6 cm³/mol. The molecule has 1 aliphatic heterocycles. The van der Waals surface area contributed by atoms with E-state index in [1.54, 1.807) is 4.90 Å². The molecule has 1 aliphatic carbocycles. The van der Waals surface area contributed by atoms with Crippen LogP contribution in [-0.4, -0.2) is 53.0 Å². The molecule has 2 fully saturated rings. The Balaban J connectivity index is 1.83. The average molecular weight is 284 g/mol. The van der Waals surface area contributed by atoms with E-state index in [-0.39, 0.29) is 12.1 Å². The van der Waals surface area contributed by atoms with Crippen molar-refractivity contribution >= 4 is 6.09 Å². The molecule has 2 rings (SSSR count). The number of aliphatic hydroxyl groups excluding tert-OH is 1. The summed E-state index contributed by atoms with van der Waals surface area (Å²) >= 11 is 0. The van der Waals surface area contributed by atoms with Gasteiger partial charge in [-0.25, -0.2) is 4.79 Å². The minimum absolute atomic E-state index is 0.0226. The van der Waals surface area contributed by atoms with Crippen molar-refractivity contribution in [2.24, 2.45) is 0 Å². The van der Waals surface area contributed by atoms with Crippen molar-refractivity contribution in [2.75, 3.05) is 13.1 Å². The van der Waals surface area contributed by atoms with E-state index in [0.717, 1.165) is 0 Å². The van der Waals surface area contributed by atoms with Crippen molar-refractivity contribution in [3.8, 4) is 0 Å². The highest BCUT2D eigenvalue weighted by molar-refractivity contribution is 5.68. The number of hydrogen-bond acceptors (Lipinski definition) is 4. The third kappa shape index (κ3) is 4.35. The molecular weight excluding hydrogens is 256 g/mol. The number of hydrogen-bond donors (Lipinski definition) is 2. The van der Waals surface area contributed by atoms with Crippen molar-refractivity contribution in [2.45, 2.75) is 76.7 Å². The lowest BCUT2D eigenvalue weighted by Gasteiger charge is -2.27. The van der Waals surface area contributed by atoms with E-state index in [2.05, 4.69) is 5.32 Å². The highest BCUT2D eigenvalue weighted by Gasteiger charge is 2.37. The molecule has 20 heavy (non-hydrogen) atoms. The molecule has 1 heterocycles. The van der Waals surface area contributed by atoms with Gasteiger partial charge in [-0.1, -0.05) is 19.3 Å². The van der Waals surface area contributed by atoms with Gasteiger partial charge in [0.05, 0.1) is 18.7 Å². The van der Waals surface area contributed by atoms with Crippen LogP contribution in [0.1, 0.15) is 52.9 Å². The van der Waals surface area contributed by atoms with Crippen molar-refractivity contribution < 1.29 is 14.6 Å². The second-order valence-corrected chi connectivity index (χ2v) is 7.06. The van der Waals surface area contributed by atoms with Crippen LogP contribution in [0.2, 0.25) is 0 Å². The number of aliphatic hydroxyl groups is 1. The van der Waals surface area contributed by atoms with E-state index in [1.165, 1.54) is 32.1 Å². The van der Waals surface area contributed by atoms with Crippen molar-refractivity contribution in [1.82, 2.24) is 10.2 Å². The van der Waals surface area contributed by atoms with Crippen molar-refractivity contribution in [3.63, 3.8) is 0 Å². The molecule has 5 heteroatoms. The fourth-order valence-corrected chi connectivity index (χ4v) is 3.00. The van der Waals surface area contributed by atoms with Crippen LogP contribution in [0, 0.1) is 0 Å². The quantitative estimate of drug-likeness (QED) is 0.813. The molecule has 0 spiro atoms. The maximum absolute atomic E-state index is 12.0. The van der Waals surface area contributed by atoms with Crippen LogP contribution in [0.4, 0.5) is 4.79 Å². The number of likely N-dealkylation sites (tertiary alicyclic amines) is 1. The molecule has 116 valence electrons. The minimum Gasteiger partial charge on any atom is -0.444 e. The van der Waals surface area contributed by atoms with E-state index in [9.17, 15) is 9.90 Å². The summed E-state index contributed by atoms with van der Waals surface area (Å²) in [6.45, 7) is 6.46. The van der Waals surface area contributed by atoms with Gasteiger partial charge in [-0.05, 0) is 33.6 Å². The molecule has 0 aromatic rings. The highest BCUT2D eigenvalue weighted by Crippen LogP contribution is 2.21. The van der Waals surface area contributed by atoms with Gasteiger partial charge >= 0.3 is 6.09 Å². The molecule has 0 aromatic carbocycles. The Morgan fingerprint density at radius 2 is 1.85 bits per heavy atom. The fourth-order valence-electron chi connectivity index (χ4n) is 3.00. The van der Waals surface area contributed by atoms with Crippen LogP contribution in [0.5, 0.6) is 0 Å². The van der Waals surface area contributed by atoms with Crippen LogP contribution >= 0.6 is 0 Å². The molecule has 1 saturated carbocycles. The predicted octanol–water partition coefficient (Wildman–Crippen LogP) is 1.89. The summed E-state index contributed by atoms with van der Waals surface area (Å²) in [6, 6.07) is 0.465. The topological polar surface area (TPSA) is 61.8 Å². The van der Waals surface area contributed by atoms with Gasteiger partial charge in [0.1, 0.15) is 5.60 Å². The average Bonchev–Trinajstić information content (AvgIpc) is 2.70. The molecule has 5 nitrogen and oxygen atoms in total. The molecular formula is C15H28N2O3. The molecule has 0 unspecified atom stereocenters. The highest BCUT2D eigenvalue weighted by atomic mass is 16.6. The molecule has 1 saturated heterocycles. The zero-order valence-corrected chi connectivity index (χ0v) is 12.9. The van der Waals surface area contributed by atoms with Crippen LogP contribution in [0.3, 0.4) is 0 Å². The van der Waals surface area contributed by atoms with Gasteiger partial charge in [-0.3, -0.25) is 0 Å². The molecule has 2 atom stereocenters. The first kappa shape index (κ1) is 15.6. The molecule has 0 aromatic heterocycles. The van der Waals surface area contributed by atoms with Gasteiger partial charge in [0, 0.05) is 12.6 Å². The molecule has 2 aliphatic rings. The Bertz CT molecular complexity index is 335. The number of nitrogens with one attached hydrogen (secondary N) is 1. The Kier molecular flexibility index (Phi) is 4.91. The third-order valence-corrected chi connectivity index (χ3v) is 4.00. The standard InChI is InChI=1S/C15H28N2O3/c1-15(2,3)20-14(19)17-9-12(13(18)10-17)16-11-7-5-4-6-8-11/h11-13,16,18H,4-10H2,1-3H3/t12-,13-/m1/s1. The van der Waals surface area contributed by atoms with Crippen molar-refractivity contribution in [1.29, 1.82) is 0 Å². The number of amides is 1. The molecule has 0 radical (unpaired) electrons. The van der Waals surface area contributed by atoms with Crippen molar-refractivity contribution in [3.05, 3.63) is 0 Å². The zero-order chi connectivity index (χ0) is 14.8. The van der Waals surface area contributed by atoms with Crippen LogP contribution in [0.25, 0.3) is 0 Å². The normalized spacial score (nSPS) is 28.7. The van der Waals surface area contributed by atoms with E-state index in [0.29, 0.717) is 19.1 Å². The minimum atomic E-state index is -0.496. The number of nitrogens with zero attached hydrogens (tertiary/aromatic N) is 1. The van der Waals surface area contributed by atoms with Crippen LogP contribution in [0.15, 0.2) is 0 Å². The fraction of sp³-hybridized carbons (Fsp3) is 0.933. The number of ether oxygens (including phenoxy) is 1. The SMILES string of the molecule is CC(C)(C)OC(=O)N1C[C@@H](O)[C@H](NC2CCCCC2)C1. The lowest BCUT2D eigenvalue weighted by molar-refractivity contribution is 0.0270. The number of rotatable bonds is 2. The Hall–Kier alpha value is -0.810.